The Morgan fingerprint density at radius 3 is 2.82 bits per heavy atom. The number of para-hydroxylation sites is 1. The van der Waals surface area contributed by atoms with Crippen molar-refractivity contribution in [2.45, 2.75) is 12.5 Å². The molecule has 28 heavy (non-hydrogen) atoms. The van der Waals surface area contributed by atoms with Crippen molar-refractivity contribution in [3.05, 3.63) is 77.7 Å². The third-order valence-corrected chi connectivity index (χ3v) is 5.61. The SMILES string of the molecule is Cn1cc(-c2ccc3c(c2)CCN(C(N)=O)C3c2c[nH]c3ccccc23)cn1. The Labute approximate surface area is 162 Å². The number of aryl methyl sites for hydroxylation is 1. The number of primary amides is 1. The first-order valence-electron chi connectivity index (χ1n) is 9.36. The van der Waals surface area contributed by atoms with Gasteiger partial charge >= 0.3 is 6.03 Å². The molecule has 0 saturated carbocycles. The maximum atomic E-state index is 12.2. The van der Waals surface area contributed by atoms with Crippen LogP contribution >= 0.6 is 0 Å². The lowest BCUT2D eigenvalue weighted by atomic mass is 9.86. The van der Waals surface area contributed by atoms with Gasteiger partial charge in [0.1, 0.15) is 0 Å². The number of carbonyl (C=O) groups excluding carboxylic acids is 1. The Kier molecular flexibility index (Phi) is 3.72. The average molecular weight is 371 g/mol. The molecular formula is C22H21N5O. The van der Waals surface area contributed by atoms with E-state index in [9.17, 15) is 4.79 Å². The van der Waals surface area contributed by atoms with Gasteiger partial charge in [0.2, 0.25) is 0 Å². The van der Waals surface area contributed by atoms with E-state index in [1.165, 1.54) is 5.56 Å². The summed E-state index contributed by atoms with van der Waals surface area (Å²) in [6.07, 6.45) is 6.66. The highest BCUT2D eigenvalue weighted by atomic mass is 16.2. The zero-order chi connectivity index (χ0) is 19.3. The Morgan fingerprint density at radius 1 is 1.18 bits per heavy atom. The molecule has 0 bridgehead atoms. The summed E-state index contributed by atoms with van der Waals surface area (Å²) in [6.45, 7) is 0.600. The zero-order valence-corrected chi connectivity index (χ0v) is 15.6. The molecule has 3 heterocycles. The molecule has 6 heteroatoms. The summed E-state index contributed by atoms with van der Waals surface area (Å²) in [5.74, 6) is 0. The number of hydrogen-bond acceptors (Lipinski definition) is 2. The van der Waals surface area contributed by atoms with Crippen LogP contribution in [-0.2, 0) is 13.5 Å². The summed E-state index contributed by atoms with van der Waals surface area (Å²) < 4.78 is 1.80. The highest BCUT2D eigenvalue weighted by Crippen LogP contribution is 2.39. The highest BCUT2D eigenvalue weighted by molar-refractivity contribution is 5.85. The van der Waals surface area contributed by atoms with Gasteiger partial charge in [-0.2, -0.15) is 5.10 Å². The molecule has 1 unspecified atom stereocenters. The standard InChI is InChI=1S/C22H21N5O/c1-26-13-16(11-25-26)14-6-7-17-15(10-14)8-9-27(22(23)28)21(17)19-12-24-20-5-3-2-4-18(19)20/h2-7,10-13,21,24H,8-9H2,1H3,(H2,23,28). The number of rotatable bonds is 2. The number of carbonyl (C=O) groups is 1. The first kappa shape index (κ1) is 16.6. The molecule has 2 aromatic carbocycles. The molecule has 0 saturated heterocycles. The van der Waals surface area contributed by atoms with Gasteiger partial charge in [-0.1, -0.05) is 36.4 Å². The minimum absolute atomic E-state index is 0.194. The van der Waals surface area contributed by atoms with Crippen LogP contribution in [0.4, 0.5) is 4.79 Å². The number of nitrogens with two attached hydrogens (primary N) is 1. The fraction of sp³-hybridized carbons (Fsp3) is 0.182. The third-order valence-electron chi connectivity index (χ3n) is 5.61. The molecule has 0 fully saturated rings. The maximum absolute atomic E-state index is 12.2. The van der Waals surface area contributed by atoms with Gasteiger partial charge in [0, 0.05) is 48.0 Å². The molecule has 3 N–H and O–H groups in total. The van der Waals surface area contributed by atoms with Crippen LogP contribution in [0.1, 0.15) is 22.7 Å². The number of aromatic nitrogens is 3. The molecule has 0 radical (unpaired) electrons. The van der Waals surface area contributed by atoms with Crippen molar-refractivity contribution in [2.24, 2.45) is 12.8 Å². The Bertz CT molecular complexity index is 1190. The van der Waals surface area contributed by atoms with Gasteiger partial charge in [-0.25, -0.2) is 4.79 Å². The minimum atomic E-state index is -0.391. The topological polar surface area (TPSA) is 79.9 Å². The number of benzene rings is 2. The number of amides is 2. The summed E-state index contributed by atoms with van der Waals surface area (Å²) in [5, 5.41) is 5.39. The molecule has 1 aliphatic heterocycles. The first-order chi connectivity index (χ1) is 13.6. The Hall–Kier alpha value is -3.54. The van der Waals surface area contributed by atoms with E-state index in [2.05, 4.69) is 34.3 Å². The number of hydrogen-bond donors (Lipinski definition) is 2. The Morgan fingerprint density at radius 2 is 2.04 bits per heavy atom. The summed E-state index contributed by atoms with van der Waals surface area (Å²) in [4.78, 5) is 17.3. The van der Waals surface area contributed by atoms with Crippen LogP contribution in [0.5, 0.6) is 0 Å². The number of nitrogens with zero attached hydrogens (tertiary/aromatic N) is 3. The zero-order valence-electron chi connectivity index (χ0n) is 15.6. The van der Waals surface area contributed by atoms with E-state index < -0.39 is 6.03 Å². The van der Waals surface area contributed by atoms with Gasteiger partial charge in [-0.3, -0.25) is 4.68 Å². The van der Waals surface area contributed by atoms with E-state index in [0.29, 0.717) is 6.54 Å². The average Bonchev–Trinajstić information content (AvgIpc) is 3.33. The van der Waals surface area contributed by atoms with E-state index in [1.807, 2.05) is 43.8 Å². The molecule has 2 aromatic heterocycles. The number of aromatic amines is 1. The number of nitrogens with one attached hydrogen (secondary N) is 1. The summed E-state index contributed by atoms with van der Waals surface area (Å²) in [5.41, 5.74) is 12.5. The van der Waals surface area contributed by atoms with Crippen molar-refractivity contribution in [2.75, 3.05) is 6.54 Å². The largest absolute Gasteiger partial charge is 0.361 e. The lowest BCUT2D eigenvalue weighted by molar-refractivity contribution is 0.190. The molecule has 0 spiro atoms. The number of H-pyrrole nitrogens is 1. The molecule has 1 aliphatic rings. The highest BCUT2D eigenvalue weighted by Gasteiger charge is 2.32. The third kappa shape index (κ3) is 2.57. The molecule has 6 nitrogen and oxygen atoms in total. The van der Waals surface area contributed by atoms with E-state index >= 15 is 0 Å². The fourth-order valence-corrected chi connectivity index (χ4v) is 4.27. The van der Waals surface area contributed by atoms with Crippen LogP contribution in [0, 0.1) is 0 Å². The lowest BCUT2D eigenvalue weighted by Crippen LogP contribution is -2.43. The molecule has 1 atom stereocenters. The van der Waals surface area contributed by atoms with Crippen LogP contribution < -0.4 is 5.73 Å². The smallest absolute Gasteiger partial charge is 0.315 e. The number of fused-ring (bicyclic) bond motifs is 2. The molecule has 4 aromatic rings. The normalized spacial score (nSPS) is 16.3. The van der Waals surface area contributed by atoms with Crippen LogP contribution in [0.2, 0.25) is 0 Å². The van der Waals surface area contributed by atoms with Crippen molar-refractivity contribution in [3.63, 3.8) is 0 Å². The van der Waals surface area contributed by atoms with Gasteiger partial charge in [0.25, 0.3) is 0 Å². The van der Waals surface area contributed by atoms with E-state index in [0.717, 1.165) is 39.6 Å². The van der Waals surface area contributed by atoms with Gasteiger partial charge in [-0.15, -0.1) is 0 Å². The van der Waals surface area contributed by atoms with Crippen LogP contribution in [0.25, 0.3) is 22.0 Å². The summed E-state index contributed by atoms with van der Waals surface area (Å²) >= 11 is 0. The monoisotopic (exact) mass is 371 g/mol. The second-order valence-electron chi connectivity index (χ2n) is 7.29. The van der Waals surface area contributed by atoms with E-state index in [4.69, 9.17) is 5.73 Å². The van der Waals surface area contributed by atoms with Gasteiger partial charge in [0.15, 0.2) is 0 Å². The van der Waals surface area contributed by atoms with Gasteiger partial charge in [-0.05, 0) is 29.2 Å². The van der Waals surface area contributed by atoms with Crippen molar-refractivity contribution < 1.29 is 4.79 Å². The van der Waals surface area contributed by atoms with Crippen molar-refractivity contribution >= 4 is 16.9 Å². The van der Waals surface area contributed by atoms with E-state index in [1.54, 1.807) is 9.58 Å². The molecule has 2 amide bonds. The molecule has 5 rings (SSSR count). The van der Waals surface area contributed by atoms with Crippen molar-refractivity contribution in [1.82, 2.24) is 19.7 Å². The van der Waals surface area contributed by atoms with Crippen LogP contribution in [0.15, 0.2) is 61.1 Å². The second-order valence-corrected chi connectivity index (χ2v) is 7.29. The van der Waals surface area contributed by atoms with Gasteiger partial charge in [0.05, 0.1) is 12.2 Å². The minimum Gasteiger partial charge on any atom is -0.361 e. The fourth-order valence-electron chi connectivity index (χ4n) is 4.27. The summed E-state index contributed by atoms with van der Waals surface area (Å²) in [7, 11) is 1.92. The number of urea groups is 1. The second kappa shape index (κ2) is 6.27. The van der Waals surface area contributed by atoms with E-state index in [-0.39, 0.29) is 6.04 Å². The van der Waals surface area contributed by atoms with Crippen molar-refractivity contribution in [3.8, 4) is 11.1 Å². The van der Waals surface area contributed by atoms with Crippen molar-refractivity contribution in [1.29, 1.82) is 0 Å². The molecule has 0 aliphatic carbocycles. The molecular weight excluding hydrogens is 350 g/mol. The quantitative estimate of drug-likeness (QED) is 0.565. The van der Waals surface area contributed by atoms with Crippen LogP contribution in [0.3, 0.4) is 0 Å². The van der Waals surface area contributed by atoms with Crippen LogP contribution in [-0.4, -0.2) is 32.2 Å². The Balaban J connectivity index is 1.66. The maximum Gasteiger partial charge on any atom is 0.315 e. The summed E-state index contributed by atoms with van der Waals surface area (Å²) in [6, 6.07) is 14.0. The predicted octanol–water partition coefficient (Wildman–Crippen LogP) is 3.59. The molecule has 140 valence electrons. The predicted molar refractivity (Wildman–Crippen MR) is 109 cm³/mol. The van der Waals surface area contributed by atoms with Gasteiger partial charge < -0.3 is 15.6 Å². The lowest BCUT2D eigenvalue weighted by Gasteiger charge is -2.36. The first-order valence-corrected chi connectivity index (χ1v) is 9.36.